The fourth-order valence-electron chi connectivity index (χ4n) is 1.66. The monoisotopic (exact) mass is 223 g/mol. The van der Waals surface area contributed by atoms with Crippen molar-refractivity contribution in [2.24, 2.45) is 5.73 Å². The summed E-state index contributed by atoms with van der Waals surface area (Å²) in [5, 5.41) is 8.89. The molecule has 0 bridgehead atoms. The third-order valence-electron chi connectivity index (χ3n) is 2.57. The zero-order chi connectivity index (χ0) is 12.0. The van der Waals surface area contributed by atoms with E-state index < -0.39 is 11.5 Å². The van der Waals surface area contributed by atoms with Crippen LogP contribution in [-0.4, -0.2) is 24.8 Å². The van der Waals surface area contributed by atoms with Gasteiger partial charge in [0.05, 0.1) is 12.0 Å². The second-order valence-electron chi connectivity index (χ2n) is 3.84. The fraction of sp³-hybridized carbons (Fsp3) is 0.417. The highest BCUT2D eigenvalue weighted by Gasteiger charge is 2.29. The van der Waals surface area contributed by atoms with Gasteiger partial charge in [0.1, 0.15) is 0 Å². The van der Waals surface area contributed by atoms with Crippen molar-refractivity contribution in [2.45, 2.75) is 18.4 Å². The molecule has 4 heteroatoms. The Morgan fingerprint density at radius 1 is 1.44 bits per heavy atom. The van der Waals surface area contributed by atoms with E-state index in [1.54, 1.807) is 7.11 Å². The van der Waals surface area contributed by atoms with Crippen LogP contribution in [0.2, 0.25) is 0 Å². The SMILES string of the molecule is COCC[C@@](N)(CC(=O)O)c1ccccc1. The summed E-state index contributed by atoms with van der Waals surface area (Å²) in [5.74, 6) is -0.901. The Hall–Kier alpha value is -1.39. The minimum absolute atomic E-state index is 0.0969. The number of aliphatic carboxylic acids is 1. The van der Waals surface area contributed by atoms with Crippen molar-refractivity contribution in [3.8, 4) is 0 Å². The number of nitrogens with two attached hydrogens (primary N) is 1. The van der Waals surface area contributed by atoms with E-state index >= 15 is 0 Å². The topological polar surface area (TPSA) is 72.5 Å². The second kappa shape index (κ2) is 5.63. The largest absolute Gasteiger partial charge is 0.481 e. The normalized spacial score (nSPS) is 14.4. The first-order valence-electron chi connectivity index (χ1n) is 5.13. The number of hydrogen-bond acceptors (Lipinski definition) is 3. The van der Waals surface area contributed by atoms with Gasteiger partial charge in [-0.1, -0.05) is 30.3 Å². The molecule has 0 radical (unpaired) electrons. The lowest BCUT2D eigenvalue weighted by Crippen LogP contribution is -2.40. The van der Waals surface area contributed by atoms with Crippen LogP contribution in [0.5, 0.6) is 0 Å². The molecule has 0 aliphatic rings. The van der Waals surface area contributed by atoms with Crippen LogP contribution in [0.4, 0.5) is 0 Å². The number of benzene rings is 1. The van der Waals surface area contributed by atoms with Gasteiger partial charge in [-0.2, -0.15) is 0 Å². The molecule has 0 fully saturated rings. The van der Waals surface area contributed by atoms with Gasteiger partial charge in [-0.15, -0.1) is 0 Å². The van der Waals surface area contributed by atoms with E-state index in [-0.39, 0.29) is 6.42 Å². The number of rotatable bonds is 6. The summed E-state index contributed by atoms with van der Waals surface area (Å²) in [6, 6.07) is 9.27. The predicted octanol–water partition coefficient (Wildman–Crippen LogP) is 1.35. The molecule has 0 amide bonds. The zero-order valence-electron chi connectivity index (χ0n) is 9.35. The minimum Gasteiger partial charge on any atom is -0.481 e. The smallest absolute Gasteiger partial charge is 0.305 e. The van der Waals surface area contributed by atoms with E-state index in [0.29, 0.717) is 13.0 Å². The van der Waals surface area contributed by atoms with E-state index in [1.807, 2.05) is 30.3 Å². The molecule has 88 valence electrons. The van der Waals surface area contributed by atoms with Gasteiger partial charge in [0.25, 0.3) is 0 Å². The molecule has 0 saturated carbocycles. The first-order chi connectivity index (χ1) is 7.58. The van der Waals surface area contributed by atoms with Crippen LogP contribution in [-0.2, 0) is 15.1 Å². The van der Waals surface area contributed by atoms with Gasteiger partial charge in [0.2, 0.25) is 0 Å². The van der Waals surface area contributed by atoms with Crippen LogP contribution >= 0.6 is 0 Å². The van der Waals surface area contributed by atoms with Crippen molar-refractivity contribution < 1.29 is 14.6 Å². The lowest BCUT2D eigenvalue weighted by atomic mass is 9.85. The number of hydrogen-bond donors (Lipinski definition) is 2. The van der Waals surface area contributed by atoms with Crippen LogP contribution < -0.4 is 5.73 Å². The minimum atomic E-state index is -0.901. The summed E-state index contributed by atoms with van der Waals surface area (Å²) in [6.45, 7) is 0.443. The maximum absolute atomic E-state index is 10.8. The molecule has 1 atom stereocenters. The molecule has 4 nitrogen and oxygen atoms in total. The Morgan fingerprint density at radius 3 is 2.56 bits per heavy atom. The van der Waals surface area contributed by atoms with Crippen LogP contribution in [0.25, 0.3) is 0 Å². The highest BCUT2D eigenvalue weighted by Crippen LogP contribution is 2.25. The van der Waals surface area contributed by atoms with E-state index in [2.05, 4.69) is 0 Å². The second-order valence-corrected chi connectivity index (χ2v) is 3.84. The Kier molecular flexibility index (Phi) is 4.46. The quantitative estimate of drug-likeness (QED) is 0.763. The molecule has 1 aromatic rings. The van der Waals surface area contributed by atoms with Crippen LogP contribution in [0.15, 0.2) is 30.3 Å². The highest BCUT2D eigenvalue weighted by molar-refractivity contribution is 5.68. The maximum Gasteiger partial charge on any atom is 0.305 e. The van der Waals surface area contributed by atoms with Crippen LogP contribution in [0.3, 0.4) is 0 Å². The van der Waals surface area contributed by atoms with Crippen LogP contribution in [0.1, 0.15) is 18.4 Å². The molecule has 1 rings (SSSR count). The van der Waals surface area contributed by atoms with Gasteiger partial charge in [-0.3, -0.25) is 4.79 Å². The summed E-state index contributed by atoms with van der Waals surface area (Å²) >= 11 is 0. The van der Waals surface area contributed by atoms with E-state index in [9.17, 15) is 4.79 Å². The molecule has 0 aromatic heterocycles. The molecule has 0 aliphatic heterocycles. The number of methoxy groups -OCH3 is 1. The average molecular weight is 223 g/mol. The molecule has 16 heavy (non-hydrogen) atoms. The van der Waals surface area contributed by atoms with Crippen molar-refractivity contribution in [3.05, 3.63) is 35.9 Å². The Bertz CT molecular complexity index is 339. The van der Waals surface area contributed by atoms with Gasteiger partial charge in [0, 0.05) is 13.7 Å². The van der Waals surface area contributed by atoms with Crippen molar-refractivity contribution in [1.82, 2.24) is 0 Å². The molecule has 0 saturated heterocycles. The van der Waals surface area contributed by atoms with Crippen LogP contribution in [0, 0.1) is 0 Å². The molecule has 0 unspecified atom stereocenters. The van der Waals surface area contributed by atoms with Gasteiger partial charge in [-0.25, -0.2) is 0 Å². The Balaban J connectivity index is 2.90. The van der Waals surface area contributed by atoms with Gasteiger partial charge < -0.3 is 15.6 Å². The van der Waals surface area contributed by atoms with E-state index in [4.69, 9.17) is 15.6 Å². The molecule has 1 aromatic carbocycles. The summed E-state index contributed by atoms with van der Waals surface area (Å²) in [6.07, 6.45) is 0.389. The molecular formula is C12H17NO3. The lowest BCUT2D eigenvalue weighted by molar-refractivity contribution is -0.138. The predicted molar refractivity (Wildman–Crippen MR) is 61.1 cm³/mol. The Morgan fingerprint density at radius 2 is 2.06 bits per heavy atom. The summed E-state index contributed by atoms with van der Waals surface area (Å²) in [5.41, 5.74) is 6.12. The third-order valence-corrected chi connectivity index (χ3v) is 2.57. The highest BCUT2D eigenvalue weighted by atomic mass is 16.5. The number of carboxylic acids is 1. The summed E-state index contributed by atoms with van der Waals surface area (Å²) < 4.78 is 4.97. The number of carboxylic acid groups (broad SMARTS) is 1. The first-order valence-corrected chi connectivity index (χ1v) is 5.13. The third kappa shape index (κ3) is 3.32. The summed E-state index contributed by atoms with van der Waals surface area (Å²) in [4.78, 5) is 10.8. The van der Waals surface area contributed by atoms with E-state index in [0.717, 1.165) is 5.56 Å². The van der Waals surface area contributed by atoms with Crippen molar-refractivity contribution in [3.63, 3.8) is 0 Å². The summed E-state index contributed by atoms with van der Waals surface area (Å²) in [7, 11) is 1.58. The van der Waals surface area contributed by atoms with Crippen molar-refractivity contribution in [1.29, 1.82) is 0 Å². The first kappa shape index (κ1) is 12.7. The molecule has 3 N–H and O–H groups in total. The molecule has 0 aliphatic carbocycles. The number of ether oxygens (including phenoxy) is 1. The van der Waals surface area contributed by atoms with Gasteiger partial charge >= 0.3 is 5.97 Å². The lowest BCUT2D eigenvalue weighted by Gasteiger charge is -2.28. The zero-order valence-corrected chi connectivity index (χ0v) is 9.35. The fourth-order valence-corrected chi connectivity index (χ4v) is 1.66. The average Bonchev–Trinajstić information content (AvgIpc) is 2.27. The van der Waals surface area contributed by atoms with Crippen molar-refractivity contribution >= 4 is 5.97 Å². The molecular weight excluding hydrogens is 206 g/mol. The van der Waals surface area contributed by atoms with Gasteiger partial charge in [-0.05, 0) is 12.0 Å². The number of carbonyl (C=O) groups is 1. The molecule has 0 spiro atoms. The Labute approximate surface area is 95.0 Å². The standard InChI is InChI=1S/C12H17NO3/c1-16-8-7-12(13,9-11(14)15)10-5-3-2-4-6-10/h2-6H,7-9,13H2,1H3,(H,14,15)/t12-/m1/s1. The molecule has 0 heterocycles. The van der Waals surface area contributed by atoms with Gasteiger partial charge in [0.15, 0.2) is 0 Å². The maximum atomic E-state index is 10.8. The van der Waals surface area contributed by atoms with Crippen molar-refractivity contribution in [2.75, 3.05) is 13.7 Å². The van der Waals surface area contributed by atoms with E-state index in [1.165, 1.54) is 0 Å².